The maximum atomic E-state index is 13.8. The molecule has 37 heavy (non-hydrogen) atoms. The lowest BCUT2D eigenvalue weighted by atomic mass is 10.0. The van der Waals surface area contributed by atoms with E-state index < -0.39 is 30.7 Å². The first-order valence-electron chi connectivity index (χ1n) is 12.2. The summed E-state index contributed by atoms with van der Waals surface area (Å²) in [6.07, 6.45) is 2.60. The fraction of sp³-hybridized carbons (Fsp3) is 0.370. The van der Waals surface area contributed by atoms with Gasteiger partial charge >= 0.3 is 5.69 Å². The van der Waals surface area contributed by atoms with Gasteiger partial charge in [-0.05, 0) is 54.1 Å². The van der Waals surface area contributed by atoms with E-state index in [1.807, 2.05) is 42.1 Å². The minimum absolute atomic E-state index is 0.0601. The summed E-state index contributed by atoms with van der Waals surface area (Å²) in [5.41, 5.74) is 1.26. The number of aromatic nitrogens is 3. The number of halogens is 2. The Balaban J connectivity index is 1.64. The third-order valence-electron chi connectivity index (χ3n) is 7.09. The molecule has 194 valence electrons. The van der Waals surface area contributed by atoms with Gasteiger partial charge in [-0.25, -0.2) is 13.6 Å². The van der Waals surface area contributed by atoms with Gasteiger partial charge in [-0.1, -0.05) is 12.1 Å². The number of nitrogens with zero attached hydrogens (tertiary/aromatic N) is 4. The molecule has 0 unspecified atom stereocenters. The van der Waals surface area contributed by atoms with E-state index in [1.54, 1.807) is 15.5 Å². The van der Waals surface area contributed by atoms with Gasteiger partial charge in [-0.2, -0.15) is 0 Å². The van der Waals surface area contributed by atoms with Crippen molar-refractivity contribution in [3.63, 3.8) is 0 Å². The van der Waals surface area contributed by atoms with E-state index in [1.165, 1.54) is 16.7 Å². The Morgan fingerprint density at radius 2 is 1.78 bits per heavy atom. The molecule has 0 atom stereocenters. The minimum atomic E-state index is -1.27. The van der Waals surface area contributed by atoms with E-state index in [4.69, 9.17) is 4.74 Å². The Hall–Kier alpha value is -3.95. The van der Waals surface area contributed by atoms with Crippen molar-refractivity contribution in [1.29, 1.82) is 0 Å². The van der Waals surface area contributed by atoms with Crippen molar-refractivity contribution in [2.75, 3.05) is 26.4 Å². The molecule has 2 aromatic heterocycles. The minimum Gasteiger partial charge on any atom is -0.485 e. The Morgan fingerprint density at radius 1 is 1.03 bits per heavy atom. The molecule has 0 saturated carbocycles. The molecule has 8 nitrogen and oxygen atoms in total. The molecule has 1 amide bonds. The molecule has 0 spiro atoms. The van der Waals surface area contributed by atoms with Crippen molar-refractivity contribution in [3.8, 4) is 5.75 Å². The summed E-state index contributed by atoms with van der Waals surface area (Å²) in [4.78, 5) is 40.3. The van der Waals surface area contributed by atoms with Gasteiger partial charge in [-0.15, -0.1) is 0 Å². The maximum Gasteiger partial charge on any atom is 0.332 e. The molecular weight excluding hydrogens is 482 g/mol. The fourth-order valence-electron chi connectivity index (χ4n) is 5.06. The number of likely N-dealkylation sites (tertiary alicyclic amines) is 1. The second kappa shape index (κ2) is 10.2. The van der Waals surface area contributed by atoms with Gasteiger partial charge in [0.25, 0.3) is 5.56 Å². The first-order chi connectivity index (χ1) is 17.9. The van der Waals surface area contributed by atoms with Crippen LogP contribution in [0, 0.1) is 0 Å². The third-order valence-corrected chi connectivity index (χ3v) is 7.09. The van der Waals surface area contributed by atoms with Crippen molar-refractivity contribution in [1.82, 2.24) is 18.6 Å². The van der Waals surface area contributed by atoms with Crippen molar-refractivity contribution in [3.05, 3.63) is 75.1 Å². The average Bonchev–Trinajstić information content (AvgIpc) is 3.30. The zero-order valence-electron chi connectivity index (χ0n) is 20.5. The number of rotatable bonds is 8. The van der Waals surface area contributed by atoms with E-state index in [0.717, 1.165) is 22.9 Å². The van der Waals surface area contributed by atoms with Gasteiger partial charge < -0.3 is 14.2 Å². The van der Waals surface area contributed by atoms with E-state index in [-0.39, 0.29) is 23.7 Å². The van der Waals surface area contributed by atoms with Crippen LogP contribution in [0.3, 0.4) is 0 Å². The van der Waals surface area contributed by atoms with Gasteiger partial charge in [0.05, 0.1) is 17.4 Å². The molecule has 0 aliphatic carbocycles. The topological polar surface area (TPSA) is 78.5 Å². The van der Waals surface area contributed by atoms with Crippen LogP contribution in [0.2, 0.25) is 0 Å². The largest absolute Gasteiger partial charge is 0.485 e. The lowest BCUT2D eigenvalue weighted by molar-refractivity contribution is -0.119. The monoisotopic (exact) mass is 510 g/mol. The van der Waals surface area contributed by atoms with E-state index >= 15 is 0 Å². The Labute approximate surface area is 211 Å². The predicted octanol–water partition coefficient (Wildman–Crippen LogP) is 3.18. The van der Waals surface area contributed by atoms with Gasteiger partial charge in [0, 0.05) is 37.9 Å². The number of aryl methyl sites for hydroxylation is 1. The van der Waals surface area contributed by atoms with Gasteiger partial charge in [0.1, 0.15) is 19.1 Å². The summed E-state index contributed by atoms with van der Waals surface area (Å²) in [6.45, 7) is -0.947. The summed E-state index contributed by atoms with van der Waals surface area (Å²) >= 11 is 0. The SMILES string of the molecule is Cn1ccc2ccc(Cn3c(=O)c4cc(OC(CF)CF)ccc4n(C4CCN(C=O)CC4)c3=O)cc21. The summed E-state index contributed by atoms with van der Waals surface area (Å²) in [6, 6.07) is 12.1. The number of hydrogen-bond acceptors (Lipinski definition) is 4. The number of hydrogen-bond donors (Lipinski definition) is 0. The summed E-state index contributed by atoms with van der Waals surface area (Å²) in [5.74, 6) is 0.155. The first kappa shape index (κ1) is 24.7. The van der Waals surface area contributed by atoms with Crippen LogP contribution < -0.4 is 16.0 Å². The molecular formula is C27H28F2N4O4. The molecule has 10 heteroatoms. The summed E-state index contributed by atoms with van der Waals surface area (Å²) in [7, 11) is 1.93. The molecule has 0 N–H and O–H groups in total. The highest BCUT2D eigenvalue weighted by Crippen LogP contribution is 2.26. The fourth-order valence-corrected chi connectivity index (χ4v) is 5.06. The summed E-state index contributed by atoms with van der Waals surface area (Å²) in [5, 5.41) is 1.28. The normalized spacial score (nSPS) is 14.6. The number of benzene rings is 2. The van der Waals surface area contributed by atoms with Crippen LogP contribution in [0.5, 0.6) is 5.75 Å². The molecule has 2 aromatic carbocycles. The molecule has 1 aliphatic rings. The van der Waals surface area contributed by atoms with Gasteiger partial charge in [0.15, 0.2) is 6.10 Å². The van der Waals surface area contributed by atoms with E-state index in [0.29, 0.717) is 31.4 Å². The van der Waals surface area contributed by atoms with Crippen LogP contribution in [0.15, 0.2) is 58.3 Å². The second-order valence-corrected chi connectivity index (χ2v) is 9.46. The van der Waals surface area contributed by atoms with Crippen molar-refractivity contribution in [2.24, 2.45) is 7.05 Å². The smallest absolute Gasteiger partial charge is 0.332 e. The van der Waals surface area contributed by atoms with Crippen LogP contribution in [0.4, 0.5) is 8.78 Å². The number of piperidine rings is 1. The van der Waals surface area contributed by atoms with Crippen LogP contribution in [-0.4, -0.2) is 57.6 Å². The van der Waals surface area contributed by atoms with Crippen LogP contribution in [0.1, 0.15) is 24.4 Å². The van der Waals surface area contributed by atoms with Crippen LogP contribution in [0.25, 0.3) is 21.8 Å². The Bertz CT molecular complexity index is 1560. The average molecular weight is 511 g/mol. The molecule has 1 aliphatic heterocycles. The van der Waals surface area contributed by atoms with Crippen LogP contribution in [-0.2, 0) is 18.4 Å². The molecule has 5 rings (SSSR count). The molecule has 1 saturated heterocycles. The lowest BCUT2D eigenvalue weighted by Gasteiger charge is -2.31. The zero-order valence-corrected chi connectivity index (χ0v) is 20.5. The van der Waals surface area contributed by atoms with E-state index in [2.05, 4.69) is 0 Å². The summed E-state index contributed by atoms with van der Waals surface area (Å²) < 4.78 is 36.3. The number of carbonyl (C=O) groups excluding carboxylic acids is 1. The number of fused-ring (bicyclic) bond motifs is 2. The molecule has 1 fully saturated rings. The highest BCUT2D eigenvalue weighted by molar-refractivity contribution is 5.81. The number of alkyl halides is 2. The molecule has 3 heterocycles. The maximum absolute atomic E-state index is 13.8. The van der Waals surface area contributed by atoms with E-state index in [9.17, 15) is 23.2 Å². The molecule has 4 aromatic rings. The molecule has 0 radical (unpaired) electrons. The number of carbonyl (C=O) groups is 1. The first-order valence-corrected chi connectivity index (χ1v) is 12.2. The lowest BCUT2D eigenvalue weighted by Crippen LogP contribution is -2.44. The van der Waals surface area contributed by atoms with Crippen molar-refractivity contribution >= 4 is 28.2 Å². The Morgan fingerprint density at radius 3 is 2.49 bits per heavy atom. The molecule has 0 bridgehead atoms. The van der Waals surface area contributed by atoms with Gasteiger partial charge in [-0.3, -0.25) is 18.7 Å². The zero-order chi connectivity index (χ0) is 26.1. The predicted molar refractivity (Wildman–Crippen MR) is 137 cm³/mol. The quantitative estimate of drug-likeness (QED) is 0.341. The van der Waals surface area contributed by atoms with Crippen molar-refractivity contribution in [2.45, 2.75) is 31.5 Å². The number of ether oxygens (including phenoxy) is 1. The van der Waals surface area contributed by atoms with Gasteiger partial charge in [0.2, 0.25) is 6.41 Å². The standard InChI is InChI=1S/C27H28F2N4O4/c1-30-9-6-19-3-2-18(12-25(19)30)16-32-26(35)23-13-21(37-22(14-28)15-29)4-5-24(23)33(27(32)36)20-7-10-31(17-34)11-8-20/h2-6,9,12-13,17,20,22H,7-8,10-11,14-16H2,1H3. The highest BCUT2D eigenvalue weighted by Gasteiger charge is 2.25. The highest BCUT2D eigenvalue weighted by atomic mass is 19.1. The third kappa shape index (κ3) is 4.63. The van der Waals surface area contributed by atoms with Crippen molar-refractivity contribution < 1.29 is 18.3 Å². The van der Waals surface area contributed by atoms with Crippen LogP contribution >= 0.6 is 0 Å². The number of amides is 1. The Kier molecular flexibility index (Phi) is 6.82. The second-order valence-electron chi connectivity index (χ2n) is 9.46.